The lowest BCUT2D eigenvalue weighted by molar-refractivity contribution is 0.615. The van der Waals surface area contributed by atoms with Crippen LogP contribution in [0.1, 0.15) is 12.0 Å². The molecule has 0 amide bonds. The molecule has 2 aromatic rings. The predicted octanol–water partition coefficient (Wildman–Crippen LogP) is 4.15. The molecular weight excluding hydrogens is 202 g/mol. The van der Waals surface area contributed by atoms with Gasteiger partial charge >= 0.3 is 0 Å². The van der Waals surface area contributed by atoms with Crippen molar-refractivity contribution in [2.24, 2.45) is 5.11 Å². The lowest BCUT2D eigenvalue weighted by atomic mass is 10.1. The third-order valence-corrected chi connectivity index (χ3v) is 2.27. The summed E-state index contributed by atoms with van der Waals surface area (Å²) < 4.78 is 5.39. The molecule has 0 saturated heterocycles. The van der Waals surface area contributed by atoms with Gasteiger partial charge in [-0.15, -0.1) is 0 Å². The SMILES string of the molecule is [N-]=[N+]=NCCC=Cc1coc2ccccc12. The van der Waals surface area contributed by atoms with Gasteiger partial charge in [-0.3, -0.25) is 0 Å². The summed E-state index contributed by atoms with van der Waals surface area (Å²) in [4.78, 5) is 2.69. The molecule has 16 heavy (non-hydrogen) atoms. The Kier molecular flexibility index (Phi) is 3.26. The van der Waals surface area contributed by atoms with E-state index in [9.17, 15) is 0 Å². The highest BCUT2D eigenvalue weighted by atomic mass is 16.3. The summed E-state index contributed by atoms with van der Waals surface area (Å²) in [5, 5.41) is 4.56. The van der Waals surface area contributed by atoms with Gasteiger partial charge in [0.15, 0.2) is 0 Å². The molecule has 1 heterocycles. The van der Waals surface area contributed by atoms with Gasteiger partial charge in [0, 0.05) is 22.4 Å². The van der Waals surface area contributed by atoms with E-state index >= 15 is 0 Å². The average Bonchev–Trinajstić information content (AvgIpc) is 2.73. The van der Waals surface area contributed by atoms with Crippen LogP contribution in [0, 0.1) is 0 Å². The lowest BCUT2D eigenvalue weighted by Crippen LogP contribution is -1.73. The summed E-state index contributed by atoms with van der Waals surface area (Å²) >= 11 is 0. The highest BCUT2D eigenvalue weighted by Gasteiger charge is 2.00. The Balaban J connectivity index is 2.12. The zero-order valence-electron chi connectivity index (χ0n) is 8.71. The van der Waals surface area contributed by atoms with E-state index < -0.39 is 0 Å². The van der Waals surface area contributed by atoms with E-state index in [-0.39, 0.29) is 0 Å². The minimum absolute atomic E-state index is 0.489. The minimum atomic E-state index is 0.489. The molecule has 4 heteroatoms. The van der Waals surface area contributed by atoms with Gasteiger partial charge in [-0.25, -0.2) is 0 Å². The van der Waals surface area contributed by atoms with Crippen molar-refractivity contribution < 1.29 is 4.42 Å². The predicted molar refractivity (Wildman–Crippen MR) is 63.9 cm³/mol. The van der Waals surface area contributed by atoms with Crippen LogP contribution in [0.15, 0.2) is 46.1 Å². The van der Waals surface area contributed by atoms with Gasteiger partial charge in [-0.05, 0) is 18.0 Å². The van der Waals surface area contributed by atoms with Crippen molar-refractivity contribution in [1.29, 1.82) is 0 Å². The molecule has 0 aliphatic rings. The Morgan fingerprint density at radius 1 is 1.38 bits per heavy atom. The second-order valence-corrected chi connectivity index (χ2v) is 3.33. The molecule has 0 spiro atoms. The van der Waals surface area contributed by atoms with Crippen molar-refractivity contribution in [2.75, 3.05) is 6.54 Å². The van der Waals surface area contributed by atoms with Crippen LogP contribution < -0.4 is 0 Å². The van der Waals surface area contributed by atoms with Crippen molar-refractivity contribution in [3.8, 4) is 0 Å². The van der Waals surface area contributed by atoms with Crippen LogP contribution in [0.5, 0.6) is 0 Å². The number of benzene rings is 1. The van der Waals surface area contributed by atoms with Gasteiger partial charge in [0.05, 0.1) is 6.26 Å². The first-order chi connectivity index (χ1) is 7.92. The number of nitrogens with zero attached hydrogens (tertiary/aromatic N) is 3. The molecule has 0 aliphatic heterocycles. The summed E-state index contributed by atoms with van der Waals surface area (Å²) in [5.41, 5.74) is 10.0. The van der Waals surface area contributed by atoms with Crippen LogP contribution in [0.4, 0.5) is 0 Å². The quantitative estimate of drug-likeness (QED) is 0.325. The van der Waals surface area contributed by atoms with E-state index in [0.29, 0.717) is 6.54 Å². The smallest absolute Gasteiger partial charge is 0.134 e. The van der Waals surface area contributed by atoms with Crippen LogP contribution in [0.25, 0.3) is 27.5 Å². The van der Waals surface area contributed by atoms with E-state index in [1.165, 1.54) is 0 Å². The lowest BCUT2D eigenvalue weighted by Gasteiger charge is -1.88. The maximum atomic E-state index is 8.11. The molecule has 0 radical (unpaired) electrons. The van der Waals surface area contributed by atoms with Crippen LogP contribution >= 0.6 is 0 Å². The summed E-state index contributed by atoms with van der Waals surface area (Å²) in [6.07, 6.45) is 6.43. The van der Waals surface area contributed by atoms with Gasteiger partial charge in [-0.2, -0.15) is 0 Å². The zero-order chi connectivity index (χ0) is 11.2. The number of para-hydroxylation sites is 1. The minimum Gasteiger partial charge on any atom is -0.464 e. The topological polar surface area (TPSA) is 61.9 Å². The maximum absolute atomic E-state index is 8.11. The van der Waals surface area contributed by atoms with Crippen LogP contribution in [-0.4, -0.2) is 6.54 Å². The number of hydrogen-bond acceptors (Lipinski definition) is 2. The van der Waals surface area contributed by atoms with E-state index in [2.05, 4.69) is 10.0 Å². The normalized spacial score (nSPS) is 10.8. The third-order valence-electron chi connectivity index (χ3n) is 2.27. The highest BCUT2D eigenvalue weighted by Crippen LogP contribution is 2.21. The molecular formula is C12H11N3O. The van der Waals surface area contributed by atoms with Gasteiger partial charge < -0.3 is 4.42 Å². The number of furan rings is 1. The van der Waals surface area contributed by atoms with Crippen molar-refractivity contribution in [2.45, 2.75) is 6.42 Å². The Morgan fingerprint density at radius 3 is 3.12 bits per heavy atom. The molecule has 2 rings (SSSR count). The van der Waals surface area contributed by atoms with Gasteiger partial charge in [0.25, 0.3) is 0 Å². The molecule has 0 fully saturated rings. The molecule has 0 atom stereocenters. The maximum Gasteiger partial charge on any atom is 0.134 e. The second-order valence-electron chi connectivity index (χ2n) is 3.33. The Morgan fingerprint density at radius 2 is 2.25 bits per heavy atom. The molecule has 80 valence electrons. The van der Waals surface area contributed by atoms with Crippen LogP contribution in [-0.2, 0) is 0 Å². The number of hydrogen-bond donors (Lipinski definition) is 0. The van der Waals surface area contributed by atoms with E-state index in [0.717, 1.165) is 23.0 Å². The third kappa shape index (κ3) is 2.24. The van der Waals surface area contributed by atoms with E-state index in [1.807, 2.05) is 36.4 Å². The van der Waals surface area contributed by atoms with Crippen molar-refractivity contribution in [3.05, 3.63) is 52.6 Å². The molecule has 0 saturated carbocycles. The first kappa shape index (κ1) is 10.3. The molecule has 1 aromatic heterocycles. The van der Waals surface area contributed by atoms with Gasteiger partial charge in [0.1, 0.15) is 5.58 Å². The largest absolute Gasteiger partial charge is 0.464 e. The fraction of sp³-hybridized carbons (Fsp3) is 0.167. The van der Waals surface area contributed by atoms with Crippen molar-refractivity contribution >= 4 is 17.0 Å². The molecule has 0 N–H and O–H groups in total. The molecule has 0 aliphatic carbocycles. The highest BCUT2D eigenvalue weighted by molar-refractivity contribution is 5.86. The van der Waals surface area contributed by atoms with Crippen LogP contribution in [0.2, 0.25) is 0 Å². The Hall–Kier alpha value is -2.19. The summed E-state index contributed by atoms with van der Waals surface area (Å²) in [7, 11) is 0. The molecule has 4 nitrogen and oxygen atoms in total. The number of azide groups is 1. The van der Waals surface area contributed by atoms with Crippen molar-refractivity contribution in [3.63, 3.8) is 0 Å². The Labute approximate surface area is 92.8 Å². The van der Waals surface area contributed by atoms with Crippen LogP contribution in [0.3, 0.4) is 0 Å². The fourth-order valence-corrected chi connectivity index (χ4v) is 1.51. The summed E-state index contributed by atoms with van der Waals surface area (Å²) in [6, 6.07) is 7.88. The van der Waals surface area contributed by atoms with Gasteiger partial charge in [-0.1, -0.05) is 35.5 Å². The zero-order valence-corrected chi connectivity index (χ0v) is 8.71. The monoisotopic (exact) mass is 213 g/mol. The summed E-state index contributed by atoms with van der Waals surface area (Å²) in [6.45, 7) is 0.489. The van der Waals surface area contributed by atoms with Gasteiger partial charge in [0.2, 0.25) is 0 Å². The molecule has 0 bridgehead atoms. The first-order valence-corrected chi connectivity index (χ1v) is 5.05. The number of rotatable bonds is 4. The fourth-order valence-electron chi connectivity index (χ4n) is 1.51. The first-order valence-electron chi connectivity index (χ1n) is 5.05. The molecule has 1 aromatic carbocycles. The Bertz CT molecular complexity index is 550. The van der Waals surface area contributed by atoms with E-state index in [4.69, 9.17) is 9.95 Å². The number of fused-ring (bicyclic) bond motifs is 1. The molecule has 0 unspecified atom stereocenters. The average molecular weight is 213 g/mol. The second kappa shape index (κ2) is 5.05. The van der Waals surface area contributed by atoms with Crippen molar-refractivity contribution in [1.82, 2.24) is 0 Å². The van der Waals surface area contributed by atoms with E-state index in [1.54, 1.807) is 6.26 Å². The standard InChI is InChI=1S/C12H11N3O/c13-15-14-8-4-3-5-10-9-16-12-7-2-1-6-11(10)12/h1-3,5-7,9H,4,8H2. The summed E-state index contributed by atoms with van der Waals surface area (Å²) in [5.74, 6) is 0.